The van der Waals surface area contributed by atoms with Gasteiger partial charge in [0.25, 0.3) is 0 Å². The van der Waals surface area contributed by atoms with Crippen LogP contribution in [0.2, 0.25) is 0 Å². The van der Waals surface area contributed by atoms with Gasteiger partial charge in [0.05, 0.1) is 24.0 Å². The molecule has 0 aliphatic carbocycles. The molecule has 21 heavy (non-hydrogen) atoms. The summed E-state index contributed by atoms with van der Waals surface area (Å²) >= 11 is 4.03. The molecule has 1 N–H and O–H groups in total. The van der Waals surface area contributed by atoms with Crippen molar-refractivity contribution in [2.45, 2.75) is 42.6 Å². The van der Waals surface area contributed by atoms with Crippen molar-refractivity contribution < 1.29 is 9.47 Å². The first-order valence-corrected chi connectivity index (χ1v) is 9.51. The number of rotatable bonds is 3. The van der Waals surface area contributed by atoms with Crippen molar-refractivity contribution >= 4 is 29.2 Å². The van der Waals surface area contributed by atoms with Crippen molar-refractivity contribution in [3.05, 3.63) is 24.3 Å². The zero-order chi connectivity index (χ0) is 14.9. The Hall–Kier alpha value is -0.520. The van der Waals surface area contributed by atoms with Crippen molar-refractivity contribution in [3.63, 3.8) is 0 Å². The van der Waals surface area contributed by atoms with Gasteiger partial charge in [-0.05, 0) is 56.0 Å². The molecule has 3 rings (SSSR count). The lowest BCUT2D eigenvalue weighted by Crippen LogP contribution is -2.43. The summed E-state index contributed by atoms with van der Waals surface area (Å²) in [6, 6.07) is 8.48. The second kappa shape index (κ2) is 6.31. The predicted octanol–water partition coefficient (Wildman–Crippen LogP) is 3.85. The first-order chi connectivity index (χ1) is 10.1. The molecule has 0 aromatic heterocycles. The lowest BCUT2D eigenvalue weighted by atomic mass is 9.98. The van der Waals surface area contributed by atoms with Gasteiger partial charge in [-0.2, -0.15) is 11.8 Å². The molecule has 0 unspecified atom stereocenters. The number of hydrogen-bond acceptors (Lipinski definition) is 5. The van der Waals surface area contributed by atoms with E-state index in [1.807, 2.05) is 23.9 Å². The summed E-state index contributed by atoms with van der Waals surface area (Å²) in [4.78, 5) is 0. The Balaban J connectivity index is 1.77. The maximum atomic E-state index is 6.32. The highest BCUT2D eigenvalue weighted by atomic mass is 32.2. The van der Waals surface area contributed by atoms with Gasteiger partial charge in [-0.1, -0.05) is 0 Å². The monoisotopic (exact) mass is 325 g/mol. The van der Waals surface area contributed by atoms with Crippen LogP contribution in [0.5, 0.6) is 5.75 Å². The van der Waals surface area contributed by atoms with Gasteiger partial charge in [0.1, 0.15) is 11.2 Å². The third-order valence-corrected chi connectivity index (χ3v) is 6.90. The van der Waals surface area contributed by atoms with Gasteiger partial charge in [-0.3, -0.25) is 0 Å². The third kappa shape index (κ3) is 3.30. The van der Waals surface area contributed by atoms with Gasteiger partial charge in [0.15, 0.2) is 0 Å². The van der Waals surface area contributed by atoms with Crippen LogP contribution in [0.1, 0.15) is 20.3 Å². The molecule has 1 aromatic carbocycles. The molecule has 2 fully saturated rings. The van der Waals surface area contributed by atoms with E-state index in [-0.39, 0.29) is 5.60 Å². The van der Waals surface area contributed by atoms with E-state index in [4.69, 9.17) is 9.47 Å². The summed E-state index contributed by atoms with van der Waals surface area (Å²) in [6.07, 6.45) is 1.28. The highest BCUT2D eigenvalue weighted by Crippen LogP contribution is 2.45. The fourth-order valence-corrected chi connectivity index (χ4v) is 6.14. The van der Waals surface area contributed by atoms with Gasteiger partial charge >= 0.3 is 0 Å². The number of ether oxygens (including phenoxy) is 2. The van der Waals surface area contributed by atoms with E-state index in [1.165, 1.54) is 17.9 Å². The number of hydrogen-bond donors (Lipinski definition) is 1. The van der Waals surface area contributed by atoms with Crippen LogP contribution in [0.15, 0.2) is 24.3 Å². The van der Waals surface area contributed by atoms with Gasteiger partial charge in [-0.25, -0.2) is 0 Å². The van der Waals surface area contributed by atoms with Crippen molar-refractivity contribution in [1.29, 1.82) is 0 Å². The van der Waals surface area contributed by atoms with Gasteiger partial charge < -0.3 is 14.8 Å². The Morgan fingerprint density at radius 1 is 1.19 bits per heavy atom. The quantitative estimate of drug-likeness (QED) is 0.912. The molecule has 0 spiro atoms. The molecule has 2 aliphatic heterocycles. The van der Waals surface area contributed by atoms with E-state index in [0.717, 1.165) is 11.4 Å². The summed E-state index contributed by atoms with van der Waals surface area (Å²) in [5.41, 5.74) is 1.29. The fourth-order valence-electron chi connectivity index (χ4n) is 2.90. The minimum Gasteiger partial charge on any atom is -0.497 e. The minimum atomic E-state index is -0.146. The largest absolute Gasteiger partial charge is 0.497 e. The average Bonchev–Trinajstić information content (AvgIpc) is 2.63. The van der Waals surface area contributed by atoms with Crippen molar-refractivity contribution in [2.24, 2.45) is 0 Å². The number of thioether (sulfide) groups is 2. The van der Waals surface area contributed by atoms with Crippen LogP contribution in [0, 0.1) is 0 Å². The molecule has 116 valence electrons. The highest BCUT2D eigenvalue weighted by Gasteiger charge is 2.50. The molecule has 2 heterocycles. The Kier molecular flexibility index (Phi) is 4.62. The average molecular weight is 325 g/mol. The molecule has 2 aliphatic rings. The molecule has 0 saturated carbocycles. The van der Waals surface area contributed by atoms with E-state index in [0.29, 0.717) is 16.7 Å². The van der Waals surface area contributed by atoms with Crippen LogP contribution in [-0.2, 0) is 4.74 Å². The maximum absolute atomic E-state index is 6.32. The first-order valence-electron chi connectivity index (χ1n) is 7.42. The van der Waals surface area contributed by atoms with Gasteiger partial charge in [0.2, 0.25) is 0 Å². The SMILES string of the molecule is COc1ccc(N[C@H]2[C@@H]3SCCCS[C@H]3OC2(C)C)cc1. The standard InChI is InChI=1S/C16H23NO2S2/c1-16(2)14(13-15(19-16)21-10-4-9-20-13)17-11-5-7-12(18-3)8-6-11/h5-8,13-15,17H,4,9-10H2,1-3H3/t13-,14-,15+/m0/s1. The zero-order valence-electron chi connectivity index (χ0n) is 12.8. The fraction of sp³-hybridized carbons (Fsp3) is 0.625. The Labute approximate surface area is 135 Å². The number of fused-ring (bicyclic) bond motifs is 1. The van der Waals surface area contributed by atoms with Crippen LogP contribution in [0.25, 0.3) is 0 Å². The molecular formula is C16H23NO2S2. The smallest absolute Gasteiger partial charge is 0.119 e. The van der Waals surface area contributed by atoms with Crippen LogP contribution >= 0.6 is 23.5 Å². The van der Waals surface area contributed by atoms with Crippen LogP contribution in [0.3, 0.4) is 0 Å². The van der Waals surface area contributed by atoms with Crippen molar-refractivity contribution in [1.82, 2.24) is 0 Å². The van der Waals surface area contributed by atoms with E-state index >= 15 is 0 Å². The Morgan fingerprint density at radius 2 is 1.90 bits per heavy atom. The predicted molar refractivity (Wildman–Crippen MR) is 92.7 cm³/mol. The molecule has 1 aromatic rings. The molecule has 0 radical (unpaired) electrons. The molecule has 5 heteroatoms. The second-order valence-corrected chi connectivity index (χ2v) is 8.49. The third-order valence-electron chi connectivity index (χ3n) is 4.06. The number of nitrogens with one attached hydrogen (secondary N) is 1. The van der Waals surface area contributed by atoms with Gasteiger partial charge in [0, 0.05) is 5.69 Å². The number of methoxy groups -OCH3 is 1. The Morgan fingerprint density at radius 3 is 2.62 bits per heavy atom. The molecule has 3 atom stereocenters. The summed E-state index contributed by atoms with van der Waals surface area (Å²) in [7, 11) is 1.69. The summed E-state index contributed by atoms with van der Waals surface area (Å²) < 4.78 is 11.5. The number of anilines is 1. The number of benzene rings is 1. The van der Waals surface area contributed by atoms with Crippen molar-refractivity contribution in [3.8, 4) is 5.75 Å². The van der Waals surface area contributed by atoms with E-state index in [9.17, 15) is 0 Å². The highest BCUT2D eigenvalue weighted by molar-refractivity contribution is 8.04. The summed E-state index contributed by atoms with van der Waals surface area (Å²) in [5, 5.41) is 4.20. The van der Waals surface area contributed by atoms with E-state index < -0.39 is 0 Å². The topological polar surface area (TPSA) is 30.5 Å². The minimum absolute atomic E-state index is 0.146. The summed E-state index contributed by atoms with van der Waals surface area (Å²) in [5.74, 6) is 3.33. The molecule has 0 bridgehead atoms. The zero-order valence-corrected chi connectivity index (χ0v) is 14.4. The molecule has 2 saturated heterocycles. The first kappa shape index (κ1) is 15.4. The van der Waals surface area contributed by atoms with Crippen LogP contribution in [-0.4, -0.2) is 40.9 Å². The second-order valence-electron chi connectivity index (χ2n) is 6.00. The molecular weight excluding hydrogens is 302 g/mol. The normalized spacial score (nSPS) is 31.3. The summed E-state index contributed by atoms with van der Waals surface area (Å²) in [6.45, 7) is 4.40. The van der Waals surface area contributed by atoms with Crippen LogP contribution < -0.4 is 10.1 Å². The Bertz CT molecular complexity index is 478. The van der Waals surface area contributed by atoms with E-state index in [2.05, 4.69) is 43.1 Å². The van der Waals surface area contributed by atoms with Crippen LogP contribution in [0.4, 0.5) is 5.69 Å². The van der Waals surface area contributed by atoms with Gasteiger partial charge in [-0.15, -0.1) is 11.8 Å². The molecule has 3 nitrogen and oxygen atoms in total. The lowest BCUT2D eigenvalue weighted by molar-refractivity contribution is 0.0175. The maximum Gasteiger partial charge on any atom is 0.119 e. The molecule has 0 amide bonds. The van der Waals surface area contributed by atoms with E-state index in [1.54, 1.807) is 7.11 Å². The van der Waals surface area contributed by atoms with Crippen molar-refractivity contribution in [2.75, 3.05) is 23.9 Å². The lowest BCUT2D eigenvalue weighted by Gasteiger charge is -2.30.